The van der Waals surface area contributed by atoms with Gasteiger partial charge in [-0.25, -0.2) is 4.39 Å². The third kappa shape index (κ3) is 8.36. The Morgan fingerprint density at radius 1 is 0.959 bits per heavy atom. The van der Waals surface area contributed by atoms with E-state index < -0.39 is 17.3 Å². The molecule has 3 fully saturated rings. The second kappa shape index (κ2) is 14.4. The molecule has 2 aliphatic carbocycles. The molecule has 0 spiro atoms. The number of halogens is 1. The molecule has 1 amide bonds. The lowest BCUT2D eigenvalue weighted by Gasteiger charge is -2.38. The molecule has 9 heteroatoms. The van der Waals surface area contributed by atoms with E-state index in [2.05, 4.69) is 39.2 Å². The van der Waals surface area contributed by atoms with Crippen molar-refractivity contribution in [2.75, 3.05) is 41.3 Å². The Morgan fingerprint density at radius 2 is 1.65 bits per heavy atom. The Labute approximate surface area is 289 Å². The van der Waals surface area contributed by atoms with Crippen molar-refractivity contribution in [2.45, 2.75) is 91.1 Å². The summed E-state index contributed by atoms with van der Waals surface area (Å²) in [6.07, 6.45) is 6.07. The number of aromatic nitrogens is 1. The summed E-state index contributed by atoms with van der Waals surface area (Å²) in [5.41, 5.74) is 4.33. The van der Waals surface area contributed by atoms with Gasteiger partial charge in [-0.3, -0.25) is 14.4 Å². The van der Waals surface area contributed by atoms with E-state index in [-0.39, 0.29) is 35.1 Å². The molecule has 3 unspecified atom stereocenters. The molecule has 1 aromatic heterocycles. The molecule has 3 aromatic rings. The van der Waals surface area contributed by atoms with E-state index in [0.29, 0.717) is 48.9 Å². The summed E-state index contributed by atoms with van der Waals surface area (Å²) in [6.45, 7) is 12.3. The highest BCUT2D eigenvalue weighted by atomic mass is 19.1. The molecular formula is C40H51FN4O4. The molecule has 262 valence electrons. The highest BCUT2D eigenvalue weighted by Crippen LogP contribution is 2.40. The predicted octanol–water partition coefficient (Wildman–Crippen LogP) is 8.28. The van der Waals surface area contributed by atoms with Gasteiger partial charge in [0, 0.05) is 49.5 Å². The smallest absolute Gasteiger partial charge is 0.309 e. The Bertz CT molecular complexity index is 1680. The summed E-state index contributed by atoms with van der Waals surface area (Å²) in [7, 11) is 0. The van der Waals surface area contributed by atoms with Gasteiger partial charge in [0.25, 0.3) is 5.91 Å². The number of hydrogen-bond acceptors (Lipinski definition) is 6. The van der Waals surface area contributed by atoms with Crippen LogP contribution in [0.1, 0.15) is 111 Å². The van der Waals surface area contributed by atoms with Gasteiger partial charge >= 0.3 is 5.97 Å². The van der Waals surface area contributed by atoms with Crippen LogP contribution >= 0.6 is 0 Å². The van der Waals surface area contributed by atoms with Crippen molar-refractivity contribution in [2.24, 2.45) is 17.8 Å². The number of rotatable bonds is 10. The van der Waals surface area contributed by atoms with Gasteiger partial charge in [-0.05, 0) is 101 Å². The lowest BCUT2D eigenvalue weighted by molar-refractivity contribution is -0.161. The normalized spacial score (nSPS) is 20.5. The molecule has 1 aliphatic heterocycles. The summed E-state index contributed by atoms with van der Waals surface area (Å²) in [5, 5.41) is 3.03. The SMILES string of the molecule is Cc1ccccc1N1CCN(c2cc(F)c(C(=O)C(C)CC3CCCC(C(=O)OC(C)(C)C)C3)cc2NC(=O)c2ccc(C3CC3)[nH]2)CC1. The molecule has 2 aromatic carbocycles. The summed E-state index contributed by atoms with van der Waals surface area (Å²) >= 11 is 0. The van der Waals surface area contributed by atoms with Crippen molar-refractivity contribution >= 4 is 34.7 Å². The number of nitrogens with zero attached hydrogens (tertiary/aromatic N) is 2. The molecule has 2 heterocycles. The van der Waals surface area contributed by atoms with Crippen LogP contribution < -0.4 is 15.1 Å². The van der Waals surface area contributed by atoms with Crippen LogP contribution in [-0.4, -0.2) is 54.4 Å². The maximum atomic E-state index is 16.0. The summed E-state index contributed by atoms with van der Waals surface area (Å²) < 4.78 is 21.7. The Kier molecular flexibility index (Phi) is 10.2. The molecule has 8 nitrogen and oxygen atoms in total. The fourth-order valence-electron chi connectivity index (χ4n) is 7.56. The number of ether oxygens (including phenoxy) is 1. The standard InChI is InChI=1S/C40H51FN4O4/c1-25-9-6-7-12-35(25)44-17-19-45(20-18-44)36-24-31(41)30(23-34(36)43-38(47)33-16-15-32(42-33)28-13-14-28)37(46)26(2)21-27-10-8-11-29(22-27)39(48)49-40(3,4)5/h6-7,9,12,15-16,23-24,26-29,42H,8,10-11,13-14,17-22H2,1-5H3,(H,43,47). The van der Waals surface area contributed by atoms with Crippen LogP contribution in [-0.2, 0) is 9.53 Å². The van der Waals surface area contributed by atoms with Gasteiger partial charge in [-0.2, -0.15) is 0 Å². The zero-order chi connectivity index (χ0) is 34.9. The largest absolute Gasteiger partial charge is 0.460 e. The first-order valence-corrected chi connectivity index (χ1v) is 18.0. The highest BCUT2D eigenvalue weighted by molar-refractivity contribution is 6.07. The average Bonchev–Trinajstić information content (AvgIpc) is 3.80. The number of aryl methyl sites for hydroxylation is 1. The average molecular weight is 671 g/mol. The second-order valence-corrected chi connectivity index (χ2v) is 15.4. The molecule has 3 atom stereocenters. The molecule has 3 aliphatic rings. The Morgan fingerprint density at radius 3 is 2.33 bits per heavy atom. The third-order valence-corrected chi connectivity index (χ3v) is 10.3. The third-order valence-electron chi connectivity index (χ3n) is 10.3. The molecule has 6 rings (SSSR count). The van der Waals surface area contributed by atoms with Crippen LogP contribution in [0.2, 0.25) is 0 Å². The van der Waals surface area contributed by atoms with Crippen molar-refractivity contribution in [3.05, 3.63) is 76.9 Å². The molecule has 49 heavy (non-hydrogen) atoms. The quantitative estimate of drug-likeness (QED) is 0.167. The summed E-state index contributed by atoms with van der Waals surface area (Å²) in [4.78, 5) is 47.9. The second-order valence-electron chi connectivity index (χ2n) is 15.4. The number of carbonyl (C=O) groups excluding carboxylic acids is 3. The number of benzene rings is 2. The van der Waals surface area contributed by atoms with Crippen LogP contribution in [0.25, 0.3) is 0 Å². The molecular weight excluding hydrogens is 619 g/mol. The van der Waals surface area contributed by atoms with E-state index >= 15 is 4.39 Å². The number of carbonyl (C=O) groups is 3. The monoisotopic (exact) mass is 670 g/mol. The van der Waals surface area contributed by atoms with E-state index in [4.69, 9.17) is 4.74 Å². The van der Waals surface area contributed by atoms with Gasteiger partial charge in [0.2, 0.25) is 0 Å². The van der Waals surface area contributed by atoms with Crippen LogP contribution in [0.4, 0.5) is 21.5 Å². The zero-order valence-electron chi connectivity index (χ0n) is 29.6. The number of nitrogens with one attached hydrogen (secondary N) is 2. The number of piperazine rings is 1. The molecule has 0 radical (unpaired) electrons. The number of para-hydroxylation sites is 1. The number of aromatic amines is 1. The lowest BCUT2D eigenvalue weighted by atomic mass is 9.76. The molecule has 1 saturated heterocycles. The fraction of sp³-hybridized carbons (Fsp3) is 0.525. The van der Waals surface area contributed by atoms with Gasteiger partial charge in [-0.1, -0.05) is 38.0 Å². The number of amides is 1. The fourth-order valence-corrected chi connectivity index (χ4v) is 7.56. The summed E-state index contributed by atoms with van der Waals surface area (Å²) in [5.74, 6) is -1.36. The van der Waals surface area contributed by atoms with Gasteiger partial charge in [0.1, 0.15) is 17.1 Å². The van der Waals surface area contributed by atoms with Crippen molar-refractivity contribution < 1.29 is 23.5 Å². The van der Waals surface area contributed by atoms with Crippen molar-refractivity contribution in [1.82, 2.24) is 4.98 Å². The van der Waals surface area contributed by atoms with Crippen molar-refractivity contribution in [3.63, 3.8) is 0 Å². The minimum atomic E-state index is -0.586. The summed E-state index contributed by atoms with van der Waals surface area (Å²) in [6, 6.07) is 15.0. The van der Waals surface area contributed by atoms with Gasteiger partial charge in [0.15, 0.2) is 5.78 Å². The maximum absolute atomic E-state index is 16.0. The van der Waals surface area contributed by atoms with E-state index in [1.54, 1.807) is 6.07 Å². The molecule has 0 bridgehead atoms. The van der Waals surface area contributed by atoms with E-state index in [9.17, 15) is 14.4 Å². The number of Topliss-reactive ketones (excluding diaryl/α,β-unsaturated/α-hetero) is 1. The van der Waals surface area contributed by atoms with E-state index in [1.165, 1.54) is 23.4 Å². The van der Waals surface area contributed by atoms with Crippen molar-refractivity contribution in [1.29, 1.82) is 0 Å². The van der Waals surface area contributed by atoms with E-state index in [0.717, 1.165) is 50.9 Å². The lowest BCUT2D eigenvalue weighted by Crippen LogP contribution is -2.47. The Balaban J connectivity index is 1.20. The first-order valence-electron chi connectivity index (χ1n) is 18.0. The van der Waals surface area contributed by atoms with Gasteiger partial charge < -0.3 is 24.8 Å². The molecule has 2 saturated carbocycles. The first kappa shape index (κ1) is 34.7. The zero-order valence-corrected chi connectivity index (χ0v) is 29.6. The van der Waals surface area contributed by atoms with E-state index in [1.807, 2.05) is 45.9 Å². The Hall–Kier alpha value is -4.14. The highest BCUT2D eigenvalue weighted by Gasteiger charge is 2.33. The van der Waals surface area contributed by atoms with Crippen LogP contribution in [0, 0.1) is 30.5 Å². The topological polar surface area (TPSA) is 94.7 Å². The van der Waals surface area contributed by atoms with Crippen LogP contribution in [0.5, 0.6) is 0 Å². The van der Waals surface area contributed by atoms with Gasteiger partial charge in [0.05, 0.1) is 22.9 Å². The number of ketones is 1. The van der Waals surface area contributed by atoms with Crippen LogP contribution in [0.3, 0.4) is 0 Å². The maximum Gasteiger partial charge on any atom is 0.309 e. The minimum absolute atomic E-state index is 0.0187. The predicted molar refractivity (Wildman–Crippen MR) is 192 cm³/mol. The van der Waals surface area contributed by atoms with Gasteiger partial charge in [-0.15, -0.1) is 0 Å². The number of hydrogen-bond donors (Lipinski definition) is 2. The van der Waals surface area contributed by atoms with Crippen molar-refractivity contribution in [3.8, 4) is 0 Å². The van der Waals surface area contributed by atoms with Crippen LogP contribution in [0.15, 0.2) is 48.5 Å². The number of H-pyrrole nitrogens is 1. The number of anilines is 3. The first-order chi connectivity index (χ1) is 23.4. The number of esters is 1. The molecule has 2 N–H and O–H groups in total. The minimum Gasteiger partial charge on any atom is -0.460 e.